The second kappa shape index (κ2) is 6.17. The van der Waals surface area contributed by atoms with E-state index in [0.717, 1.165) is 9.25 Å². The first-order valence-electron chi connectivity index (χ1n) is 5.97. The van der Waals surface area contributed by atoms with Crippen LogP contribution in [0.25, 0.3) is 0 Å². The quantitative estimate of drug-likeness (QED) is 0.689. The van der Waals surface area contributed by atoms with Crippen molar-refractivity contribution < 1.29 is 4.79 Å². The van der Waals surface area contributed by atoms with E-state index in [1.807, 2.05) is 13.8 Å². The van der Waals surface area contributed by atoms with Gasteiger partial charge in [-0.05, 0) is 5.92 Å². The number of rotatable bonds is 5. The summed E-state index contributed by atoms with van der Waals surface area (Å²) in [5.74, 6) is 0.100. The molecule has 0 aliphatic heterocycles. The van der Waals surface area contributed by atoms with Gasteiger partial charge in [-0.25, -0.2) is 9.48 Å². The highest BCUT2D eigenvalue weighted by Crippen LogP contribution is 1.89. The first kappa shape index (κ1) is 14.9. The summed E-state index contributed by atoms with van der Waals surface area (Å²) in [6, 6.07) is 0. The van der Waals surface area contributed by atoms with Gasteiger partial charge in [0, 0.05) is 20.6 Å². The van der Waals surface area contributed by atoms with E-state index >= 15 is 0 Å². The standard InChI is InChI=1S/C11H19N5O3/c1-7(2)5-12-8(17)6-13-9-10(18)15(3)11(19)16(4)14-9/h7H,5-6H2,1-4H3,(H,12,17)(H,13,14). The molecule has 0 fully saturated rings. The Morgan fingerprint density at radius 3 is 2.53 bits per heavy atom. The van der Waals surface area contributed by atoms with Crippen LogP contribution in [0.1, 0.15) is 13.8 Å². The molecule has 0 aliphatic carbocycles. The van der Waals surface area contributed by atoms with Crippen molar-refractivity contribution in [2.45, 2.75) is 13.8 Å². The lowest BCUT2D eigenvalue weighted by Gasteiger charge is -2.09. The van der Waals surface area contributed by atoms with Gasteiger partial charge in [0.05, 0.1) is 6.54 Å². The lowest BCUT2D eigenvalue weighted by molar-refractivity contribution is -0.119. The molecule has 1 aromatic rings. The molecule has 19 heavy (non-hydrogen) atoms. The van der Waals surface area contributed by atoms with Crippen LogP contribution in [-0.4, -0.2) is 33.3 Å². The number of nitrogens with one attached hydrogen (secondary N) is 2. The van der Waals surface area contributed by atoms with E-state index in [-0.39, 0.29) is 18.3 Å². The number of hydrogen-bond acceptors (Lipinski definition) is 5. The molecule has 0 atom stereocenters. The highest BCUT2D eigenvalue weighted by Gasteiger charge is 2.09. The molecule has 0 bridgehead atoms. The fourth-order valence-corrected chi connectivity index (χ4v) is 1.35. The minimum Gasteiger partial charge on any atom is -0.355 e. The van der Waals surface area contributed by atoms with Crippen molar-refractivity contribution in [1.29, 1.82) is 0 Å². The molecule has 0 aromatic carbocycles. The Morgan fingerprint density at radius 1 is 1.32 bits per heavy atom. The van der Waals surface area contributed by atoms with Crippen LogP contribution in [-0.2, 0) is 18.9 Å². The summed E-state index contributed by atoms with van der Waals surface area (Å²) in [4.78, 5) is 34.6. The van der Waals surface area contributed by atoms with Gasteiger partial charge in [0.2, 0.25) is 11.7 Å². The van der Waals surface area contributed by atoms with E-state index in [2.05, 4.69) is 15.7 Å². The summed E-state index contributed by atoms with van der Waals surface area (Å²) in [5.41, 5.74) is -1.07. The summed E-state index contributed by atoms with van der Waals surface area (Å²) in [7, 11) is 2.79. The maximum atomic E-state index is 11.7. The van der Waals surface area contributed by atoms with Crippen molar-refractivity contribution in [3.63, 3.8) is 0 Å². The van der Waals surface area contributed by atoms with Gasteiger partial charge in [-0.1, -0.05) is 13.8 Å². The molecule has 1 heterocycles. The number of carbonyl (C=O) groups is 1. The molecule has 1 aromatic heterocycles. The fourth-order valence-electron chi connectivity index (χ4n) is 1.35. The number of aryl methyl sites for hydroxylation is 1. The topological polar surface area (TPSA) is 98.0 Å². The monoisotopic (exact) mass is 269 g/mol. The Bertz CT molecular complexity index is 573. The molecule has 2 N–H and O–H groups in total. The van der Waals surface area contributed by atoms with Crippen LogP contribution in [0.3, 0.4) is 0 Å². The average molecular weight is 269 g/mol. The summed E-state index contributed by atoms with van der Waals surface area (Å²) in [6.45, 7) is 4.47. The van der Waals surface area contributed by atoms with Crippen molar-refractivity contribution >= 4 is 11.7 Å². The first-order chi connectivity index (χ1) is 8.82. The molecule has 0 radical (unpaired) electrons. The molecule has 8 nitrogen and oxygen atoms in total. The van der Waals surface area contributed by atoms with E-state index < -0.39 is 11.2 Å². The fraction of sp³-hybridized carbons (Fsp3) is 0.636. The number of nitrogens with zero attached hydrogens (tertiary/aromatic N) is 3. The van der Waals surface area contributed by atoms with Crippen molar-refractivity contribution in [3.8, 4) is 0 Å². The largest absolute Gasteiger partial charge is 0.355 e. The van der Waals surface area contributed by atoms with Gasteiger partial charge in [0.25, 0.3) is 5.56 Å². The van der Waals surface area contributed by atoms with Gasteiger partial charge in [-0.15, -0.1) is 5.10 Å². The third-order valence-corrected chi connectivity index (χ3v) is 2.44. The summed E-state index contributed by atoms with van der Waals surface area (Å²) in [6.07, 6.45) is 0. The Labute approximate surface area is 110 Å². The normalized spacial score (nSPS) is 10.6. The zero-order valence-corrected chi connectivity index (χ0v) is 11.6. The van der Waals surface area contributed by atoms with Crippen LogP contribution in [0.4, 0.5) is 5.82 Å². The molecule has 8 heteroatoms. The minimum absolute atomic E-state index is 0.0238. The Hall–Kier alpha value is -2.12. The average Bonchev–Trinajstić information content (AvgIpc) is 2.36. The van der Waals surface area contributed by atoms with Gasteiger partial charge < -0.3 is 10.6 Å². The van der Waals surface area contributed by atoms with Crippen LogP contribution < -0.4 is 21.9 Å². The molecule has 0 saturated heterocycles. The van der Waals surface area contributed by atoms with E-state index in [4.69, 9.17) is 0 Å². The van der Waals surface area contributed by atoms with Gasteiger partial charge >= 0.3 is 5.69 Å². The summed E-state index contributed by atoms with van der Waals surface area (Å²) in [5, 5.41) is 9.11. The van der Waals surface area contributed by atoms with Crippen LogP contribution in [0.5, 0.6) is 0 Å². The molecule has 1 amide bonds. The third-order valence-electron chi connectivity index (χ3n) is 2.44. The molecule has 1 rings (SSSR count). The summed E-state index contributed by atoms with van der Waals surface area (Å²) < 4.78 is 1.97. The zero-order chi connectivity index (χ0) is 14.6. The zero-order valence-electron chi connectivity index (χ0n) is 11.6. The van der Waals surface area contributed by atoms with Crippen LogP contribution in [0.15, 0.2) is 9.59 Å². The predicted octanol–water partition coefficient (Wildman–Crippen LogP) is -1.34. The van der Waals surface area contributed by atoms with Crippen molar-refractivity contribution in [2.75, 3.05) is 18.4 Å². The second-order valence-electron chi connectivity index (χ2n) is 4.67. The van der Waals surface area contributed by atoms with Crippen molar-refractivity contribution in [1.82, 2.24) is 19.7 Å². The number of hydrogen-bond donors (Lipinski definition) is 2. The van der Waals surface area contributed by atoms with Gasteiger partial charge in [0.15, 0.2) is 0 Å². The van der Waals surface area contributed by atoms with Gasteiger partial charge in [-0.3, -0.25) is 14.2 Å². The lowest BCUT2D eigenvalue weighted by Crippen LogP contribution is -2.41. The Morgan fingerprint density at radius 2 is 1.95 bits per heavy atom. The van der Waals surface area contributed by atoms with Crippen molar-refractivity contribution in [2.24, 2.45) is 20.0 Å². The van der Waals surface area contributed by atoms with Gasteiger partial charge in [0.1, 0.15) is 0 Å². The highest BCUT2D eigenvalue weighted by atomic mass is 16.2. The SMILES string of the molecule is CC(C)CNC(=O)CNc1nn(C)c(=O)n(C)c1=O. The third kappa shape index (κ3) is 3.94. The highest BCUT2D eigenvalue weighted by molar-refractivity contribution is 5.80. The van der Waals surface area contributed by atoms with Crippen molar-refractivity contribution in [3.05, 3.63) is 20.8 Å². The van der Waals surface area contributed by atoms with Crippen LogP contribution in [0, 0.1) is 5.92 Å². The van der Waals surface area contributed by atoms with Crippen LogP contribution >= 0.6 is 0 Å². The number of amides is 1. The van der Waals surface area contributed by atoms with E-state index in [0.29, 0.717) is 12.5 Å². The first-order valence-corrected chi connectivity index (χ1v) is 5.97. The maximum absolute atomic E-state index is 11.7. The van der Waals surface area contributed by atoms with Crippen LogP contribution in [0.2, 0.25) is 0 Å². The molecular formula is C11H19N5O3. The minimum atomic E-state index is -0.556. The number of aromatic nitrogens is 3. The molecule has 0 spiro atoms. The second-order valence-corrected chi connectivity index (χ2v) is 4.67. The van der Waals surface area contributed by atoms with Gasteiger partial charge in [-0.2, -0.15) is 0 Å². The molecule has 0 aliphatic rings. The molecular weight excluding hydrogens is 250 g/mol. The molecule has 0 unspecified atom stereocenters. The Balaban J connectivity index is 2.72. The molecule has 106 valence electrons. The van der Waals surface area contributed by atoms with E-state index in [1.54, 1.807) is 0 Å². The lowest BCUT2D eigenvalue weighted by atomic mass is 10.2. The smallest absolute Gasteiger partial charge is 0.346 e. The molecule has 0 saturated carbocycles. The Kier molecular flexibility index (Phi) is 4.85. The summed E-state index contributed by atoms with van der Waals surface area (Å²) >= 11 is 0. The number of anilines is 1. The van der Waals surface area contributed by atoms with E-state index in [9.17, 15) is 14.4 Å². The predicted molar refractivity (Wildman–Crippen MR) is 71.1 cm³/mol. The maximum Gasteiger partial charge on any atom is 0.346 e. The number of carbonyl (C=O) groups excluding carboxylic acids is 1. The van der Waals surface area contributed by atoms with E-state index in [1.165, 1.54) is 14.1 Å².